The van der Waals surface area contributed by atoms with Gasteiger partial charge in [0.05, 0.1) is 5.56 Å². The van der Waals surface area contributed by atoms with Crippen molar-refractivity contribution in [2.45, 2.75) is 13.8 Å². The first-order chi connectivity index (χ1) is 9.08. The summed E-state index contributed by atoms with van der Waals surface area (Å²) in [6.07, 6.45) is 0. The van der Waals surface area contributed by atoms with E-state index in [9.17, 15) is 4.79 Å². The first kappa shape index (κ1) is 11.6. The van der Waals surface area contributed by atoms with Gasteiger partial charge in [-0.3, -0.25) is 4.79 Å². The van der Waals surface area contributed by atoms with Crippen molar-refractivity contribution >= 4 is 5.91 Å². The Morgan fingerprint density at radius 3 is 2.63 bits per heavy atom. The number of amides is 1. The van der Waals surface area contributed by atoms with Crippen molar-refractivity contribution in [1.82, 2.24) is 4.57 Å². The molecule has 0 bridgehead atoms. The standard InChI is InChI=1S/C14H14N2O3/c1-8-5-11(14(15)17)9(2)16(8)10-3-4-12-13(6-10)19-7-18-12/h3-6H,7H2,1-2H3,(H2,15,17). The number of nitrogens with two attached hydrogens (primary N) is 1. The van der Waals surface area contributed by atoms with Crippen molar-refractivity contribution in [3.63, 3.8) is 0 Å². The van der Waals surface area contributed by atoms with Crippen LogP contribution >= 0.6 is 0 Å². The summed E-state index contributed by atoms with van der Waals surface area (Å²) in [5.74, 6) is 1.03. The van der Waals surface area contributed by atoms with E-state index in [1.54, 1.807) is 6.07 Å². The van der Waals surface area contributed by atoms with Gasteiger partial charge in [-0.15, -0.1) is 0 Å². The molecule has 1 aliphatic heterocycles. The lowest BCUT2D eigenvalue weighted by Gasteiger charge is -2.10. The second-order valence-electron chi connectivity index (χ2n) is 4.52. The third kappa shape index (κ3) is 1.74. The second kappa shape index (κ2) is 4.05. The molecule has 2 aromatic rings. The molecule has 2 N–H and O–H groups in total. The van der Waals surface area contributed by atoms with Gasteiger partial charge in [0, 0.05) is 23.1 Å². The van der Waals surface area contributed by atoms with Crippen LogP contribution in [-0.4, -0.2) is 17.3 Å². The number of fused-ring (bicyclic) bond motifs is 1. The predicted molar refractivity (Wildman–Crippen MR) is 69.9 cm³/mol. The normalized spacial score (nSPS) is 12.7. The minimum atomic E-state index is -0.417. The monoisotopic (exact) mass is 258 g/mol. The van der Waals surface area contributed by atoms with Crippen LogP contribution in [0.15, 0.2) is 24.3 Å². The van der Waals surface area contributed by atoms with Crippen LogP contribution in [0.4, 0.5) is 0 Å². The fourth-order valence-corrected chi connectivity index (χ4v) is 2.43. The van der Waals surface area contributed by atoms with Crippen LogP contribution in [0.1, 0.15) is 21.7 Å². The van der Waals surface area contributed by atoms with Crippen LogP contribution in [0.5, 0.6) is 11.5 Å². The lowest BCUT2D eigenvalue weighted by Crippen LogP contribution is -2.12. The maximum absolute atomic E-state index is 11.4. The fourth-order valence-electron chi connectivity index (χ4n) is 2.43. The van der Waals surface area contributed by atoms with Gasteiger partial charge in [0.15, 0.2) is 11.5 Å². The number of hydrogen-bond donors (Lipinski definition) is 1. The first-order valence-corrected chi connectivity index (χ1v) is 5.96. The van der Waals surface area contributed by atoms with Crippen molar-refractivity contribution in [1.29, 1.82) is 0 Å². The summed E-state index contributed by atoms with van der Waals surface area (Å²) in [4.78, 5) is 11.4. The number of aromatic nitrogens is 1. The van der Waals surface area contributed by atoms with Crippen LogP contribution in [0.25, 0.3) is 5.69 Å². The van der Waals surface area contributed by atoms with E-state index < -0.39 is 5.91 Å². The molecule has 0 aliphatic carbocycles. The van der Waals surface area contributed by atoms with Gasteiger partial charge in [-0.2, -0.15) is 0 Å². The molecular weight excluding hydrogens is 244 g/mol. The van der Waals surface area contributed by atoms with Crippen molar-refractivity contribution < 1.29 is 14.3 Å². The Labute approximate surface area is 110 Å². The zero-order valence-corrected chi connectivity index (χ0v) is 10.8. The quantitative estimate of drug-likeness (QED) is 0.894. The van der Waals surface area contributed by atoms with Gasteiger partial charge >= 0.3 is 0 Å². The SMILES string of the molecule is Cc1cc(C(N)=O)c(C)n1-c1ccc2c(c1)OCO2. The van der Waals surface area contributed by atoms with Gasteiger partial charge in [-0.25, -0.2) is 0 Å². The molecule has 1 aliphatic rings. The summed E-state index contributed by atoms with van der Waals surface area (Å²) >= 11 is 0. The molecule has 0 saturated carbocycles. The fraction of sp³-hybridized carbons (Fsp3) is 0.214. The molecule has 0 saturated heterocycles. The van der Waals surface area contributed by atoms with E-state index in [0.29, 0.717) is 11.3 Å². The van der Waals surface area contributed by atoms with Crippen molar-refractivity contribution in [3.8, 4) is 17.2 Å². The summed E-state index contributed by atoms with van der Waals surface area (Å²) < 4.78 is 12.6. The minimum Gasteiger partial charge on any atom is -0.454 e. The maximum atomic E-state index is 11.4. The molecule has 0 fully saturated rings. The van der Waals surface area contributed by atoms with Gasteiger partial charge in [-0.1, -0.05) is 0 Å². The van der Waals surface area contributed by atoms with E-state index in [-0.39, 0.29) is 6.79 Å². The largest absolute Gasteiger partial charge is 0.454 e. The molecule has 3 rings (SSSR count). The Morgan fingerprint density at radius 2 is 1.95 bits per heavy atom. The van der Waals surface area contributed by atoms with Gasteiger partial charge in [-0.05, 0) is 32.0 Å². The number of rotatable bonds is 2. The van der Waals surface area contributed by atoms with Crippen molar-refractivity contribution in [2.24, 2.45) is 5.73 Å². The van der Waals surface area contributed by atoms with E-state index in [4.69, 9.17) is 15.2 Å². The summed E-state index contributed by atoms with van der Waals surface area (Å²) in [7, 11) is 0. The highest BCUT2D eigenvalue weighted by atomic mass is 16.7. The highest BCUT2D eigenvalue weighted by Gasteiger charge is 2.18. The average Bonchev–Trinajstić information content (AvgIpc) is 2.93. The van der Waals surface area contributed by atoms with Crippen molar-refractivity contribution in [3.05, 3.63) is 41.2 Å². The smallest absolute Gasteiger partial charge is 0.250 e. The highest BCUT2D eigenvalue weighted by Crippen LogP contribution is 2.34. The molecular formula is C14H14N2O3. The second-order valence-corrected chi connectivity index (χ2v) is 4.52. The number of nitrogens with zero attached hydrogens (tertiary/aromatic N) is 1. The summed E-state index contributed by atoms with van der Waals surface area (Å²) in [5, 5.41) is 0. The zero-order chi connectivity index (χ0) is 13.6. The van der Waals surface area contributed by atoms with E-state index in [2.05, 4.69) is 0 Å². The molecule has 1 amide bonds. The van der Waals surface area contributed by atoms with Crippen LogP contribution < -0.4 is 15.2 Å². The van der Waals surface area contributed by atoms with Gasteiger partial charge < -0.3 is 19.8 Å². The van der Waals surface area contributed by atoms with Crippen LogP contribution in [0.3, 0.4) is 0 Å². The summed E-state index contributed by atoms with van der Waals surface area (Å²) in [6, 6.07) is 7.48. The minimum absolute atomic E-state index is 0.245. The molecule has 1 aromatic heterocycles. The van der Waals surface area contributed by atoms with E-state index in [1.165, 1.54) is 0 Å². The van der Waals surface area contributed by atoms with Gasteiger partial charge in [0.25, 0.3) is 5.91 Å². The Hall–Kier alpha value is -2.43. The molecule has 0 atom stereocenters. The topological polar surface area (TPSA) is 66.5 Å². The Bertz CT molecular complexity index is 674. The zero-order valence-electron chi connectivity index (χ0n) is 10.8. The summed E-state index contributed by atoms with van der Waals surface area (Å²) in [5.41, 5.74) is 8.60. The number of carbonyl (C=O) groups is 1. The third-order valence-corrected chi connectivity index (χ3v) is 3.31. The molecule has 0 unspecified atom stereocenters. The molecule has 0 radical (unpaired) electrons. The molecule has 19 heavy (non-hydrogen) atoms. The maximum Gasteiger partial charge on any atom is 0.250 e. The number of primary amides is 1. The van der Waals surface area contributed by atoms with Gasteiger partial charge in [0.2, 0.25) is 6.79 Å². The van der Waals surface area contributed by atoms with Crippen LogP contribution in [0.2, 0.25) is 0 Å². The Balaban J connectivity index is 2.14. The van der Waals surface area contributed by atoms with Crippen molar-refractivity contribution in [2.75, 3.05) is 6.79 Å². The Morgan fingerprint density at radius 1 is 1.21 bits per heavy atom. The summed E-state index contributed by atoms with van der Waals surface area (Å²) in [6.45, 7) is 4.05. The number of aryl methyl sites for hydroxylation is 1. The number of benzene rings is 1. The molecule has 0 spiro atoms. The average molecular weight is 258 g/mol. The van der Waals surface area contributed by atoms with E-state index in [0.717, 1.165) is 22.8 Å². The molecule has 5 nitrogen and oxygen atoms in total. The van der Waals surface area contributed by atoms with E-state index >= 15 is 0 Å². The van der Waals surface area contributed by atoms with Gasteiger partial charge in [0.1, 0.15) is 0 Å². The first-order valence-electron chi connectivity index (χ1n) is 5.96. The third-order valence-electron chi connectivity index (χ3n) is 3.31. The molecule has 98 valence electrons. The van der Waals surface area contributed by atoms with Crippen LogP contribution in [-0.2, 0) is 0 Å². The lowest BCUT2D eigenvalue weighted by atomic mass is 10.2. The molecule has 1 aromatic carbocycles. The molecule has 5 heteroatoms. The van der Waals surface area contributed by atoms with Crippen LogP contribution in [0, 0.1) is 13.8 Å². The number of carbonyl (C=O) groups excluding carboxylic acids is 1. The number of hydrogen-bond acceptors (Lipinski definition) is 3. The number of ether oxygens (including phenoxy) is 2. The highest BCUT2D eigenvalue weighted by molar-refractivity contribution is 5.94. The Kier molecular flexibility index (Phi) is 2.48. The predicted octanol–water partition coefficient (Wildman–Crippen LogP) is 1.92. The lowest BCUT2D eigenvalue weighted by molar-refractivity contribution is 0.0999. The van der Waals surface area contributed by atoms with E-state index in [1.807, 2.05) is 36.6 Å². The molecule has 2 heterocycles.